The third kappa shape index (κ3) is 4.20. The van der Waals surface area contributed by atoms with Crippen molar-refractivity contribution in [1.82, 2.24) is 5.32 Å². The first kappa shape index (κ1) is 12.3. The number of rotatable bonds is 7. The molecule has 84 valence electrons. The first-order chi connectivity index (χ1) is 6.88. The normalized spacial score (nSPS) is 27.0. The second-order valence-corrected chi connectivity index (χ2v) is 5.03. The summed E-state index contributed by atoms with van der Waals surface area (Å²) in [5.41, 5.74) is 0. The van der Waals surface area contributed by atoms with E-state index in [-0.39, 0.29) is 0 Å². The summed E-state index contributed by atoms with van der Waals surface area (Å²) in [5, 5.41) is 3.58. The molecule has 1 fully saturated rings. The summed E-state index contributed by atoms with van der Waals surface area (Å²) < 4.78 is 5.06. The van der Waals surface area contributed by atoms with Crippen LogP contribution in [0.3, 0.4) is 0 Å². The van der Waals surface area contributed by atoms with Crippen molar-refractivity contribution in [1.29, 1.82) is 0 Å². The zero-order chi connectivity index (χ0) is 10.2. The van der Waals surface area contributed by atoms with Crippen LogP contribution in [-0.2, 0) is 4.74 Å². The van der Waals surface area contributed by atoms with Gasteiger partial charge in [-0.2, -0.15) is 11.8 Å². The summed E-state index contributed by atoms with van der Waals surface area (Å²) in [6.07, 6.45) is 3.91. The highest BCUT2D eigenvalue weighted by Crippen LogP contribution is 2.28. The van der Waals surface area contributed by atoms with Crippen LogP contribution < -0.4 is 5.32 Å². The number of hydrogen-bond acceptors (Lipinski definition) is 3. The lowest BCUT2D eigenvalue weighted by molar-refractivity contribution is 0.190. The Kier molecular flexibility index (Phi) is 6.65. The lowest BCUT2D eigenvalue weighted by atomic mass is 9.97. The second kappa shape index (κ2) is 7.55. The maximum Gasteiger partial charge on any atom is 0.0462 e. The molecule has 0 bridgehead atoms. The van der Waals surface area contributed by atoms with Gasteiger partial charge in [0.1, 0.15) is 0 Å². The SMILES string of the molecule is CCNC1CSCC1CCCCOC. The van der Waals surface area contributed by atoms with Crippen LogP contribution in [0.15, 0.2) is 0 Å². The minimum absolute atomic E-state index is 0.771. The van der Waals surface area contributed by atoms with Gasteiger partial charge in [0.05, 0.1) is 0 Å². The summed E-state index contributed by atoms with van der Waals surface area (Å²) in [6, 6.07) is 0.771. The van der Waals surface area contributed by atoms with Gasteiger partial charge in [0.15, 0.2) is 0 Å². The Morgan fingerprint density at radius 1 is 1.36 bits per heavy atom. The van der Waals surface area contributed by atoms with Crippen LogP contribution in [-0.4, -0.2) is 37.8 Å². The van der Waals surface area contributed by atoms with Crippen molar-refractivity contribution in [3.63, 3.8) is 0 Å². The molecule has 1 aliphatic heterocycles. The molecule has 0 saturated carbocycles. The Morgan fingerprint density at radius 2 is 2.21 bits per heavy atom. The monoisotopic (exact) mass is 217 g/mol. The number of methoxy groups -OCH3 is 1. The molecule has 1 N–H and O–H groups in total. The number of thioether (sulfide) groups is 1. The zero-order valence-electron chi connectivity index (χ0n) is 9.42. The molecule has 1 saturated heterocycles. The molecule has 2 unspecified atom stereocenters. The van der Waals surface area contributed by atoms with Crippen molar-refractivity contribution in [2.45, 2.75) is 32.2 Å². The van der Waals surface area contributed by atoms with Crippen LogP contribution in [0, 0.1) is 5.92 Å². The summed E-state index contributed by atoms with van der Waals surface area (Å²) in [6.45, 7) is 4.23. The molecule has 1 rings (SSSR count). The fourth-order valence-corrected chi connectivity index (χ4v) is 3.51. The van der Waals surface area contributed by atoms with Crippen molar-refractivity contribution in [2.75, 3.05) is 31.8 Å². The van der Waals surface area contributed by atoms with Crippen molar-refractivity contribution in [3.05, 3.63) is 0 Å². The maximum absolute atomic E-state index is 5.06. The third-order valence-corrected chi connectivity index (χ3v) is 4.10. The van der Waals surface area contributed by atoms with Crippen LogP contribution in [0.5, 0.6) is 0 Å². The smallest absolute Gasteiger partial charge is 0.0462 e. The van der Waals surface area contributed by atoms with E-state index in [2.05, 4.69) is 24.0 Å². The lowest BCUT2D eigenvalue weighted by Crippen LogP contribution is -2.35. The molecule has 0 amide bonds. The van der Waals surface area contributed by atoms with Crippen LogP contribution in [0.4, 0.5) is 0 Å². The van der Waals surface area contributed by atoms with Crippen LogP contribution in [0.25, 0.3) is 0 Å². The average Bonchev–Trinajstić information content (AvgIpc) is 2.61. The topological polar surface area (TPSA) is 21.3 Å². The highest BCUT2D eigenvalue weighted by Gasteiger charge is 2.25. The van der Waals surface area contributed by atoms with E-state index in [0.29, 0.717) is 0 Å². The van der Waals surface area contributed by atoms with Gasteiger partial charge in [0, 0.05) is 25.5 Å². The van der Waals surface area contributed by atoms with E-state index in [4.69, 9.17) is 4.74 Å². The van der Waals surface area contributed by atoms with Gasteiger partial charge >= 0.3 is 0 Å². The maximum atomic E-state index is 5.06. The molecule has 1 aliphatic rings. The van der Waals surface area contributed by atoms with Gasteiger partial charge < -0.3 is 10.1 Å². The predicted octanol–water partition coefficient (Wildman–Crippen LogP) is 2.14. The van der Waals surface area contributed by atoms with Crippen LogP contribution in [0.1, 0.15) is 26.2 Å². The quantitative estimate of drug-likeness (QED) is 0.660. The summed E-state index contributed by atoms with van der Waals surface area (Å²) >= 11 is 2.10. The Hall–Kier alpha value is 0.270. The van der Waals surface area contributed by atoms with Gasteiger partial charge in [-0.15, -0.1) is 0 Å². The lowest BCUT2D eigenvalue weighted by Gasteiger charge is -2.19. The van der Waals surface area contributed by atoms with Crippen LogP contribution in [0.2, 0.25) is 0 Å². The van der Waals surface area contributed by atoms with Crippen molar-refractivity contribution in [2.24, 2.45) is 5.92 Å². The Morgan fingerprint density at radius 3 is 2.93 bits per heavy atom. The number of unbranched alkanes of at least 4 members (excludes halogenated alkanes) is 1. The Labute approximate surface area is 92.2 Å². The van der Waals surface area contributed by atoms with Crippen molar-refractivity contribution >= 4 is 11.8 Å². The second-order valence-electron chi connectivity index (χ2n) is 3.95. The minimum Gasteiger partial charge on any atom is -0.385 e. The van der Waals surface area contributed by atoms with Gasteiger partial charge in [-0.1, -0.05) is 13.3 Å². The Bertz CT molecular complexity index is 143. The molecule has 2 atom stereocenters. The van der Waals surface area contributed by atoms with Crippen LogP contribution >= 0.6 is 11.8 Å². The predicted molar refractivity (Wildman–Crippen MR) is 64.0 cm³/mol. The molecule has 0 aromatic heterocycles. The molecule has 0 spiro atoms. The molecule has 1 heterocycles. The summed E-state index contributed by atoms with van der Waals surface area (Å²) in [5.74, 6) is 3.56. The van der Waals surface area contributed by atoms with E-state index in [0.717, 1.165) is 25.1 Å². The molecule has 3 heteroatoms. The molecule has 0 aliphatic carbocycles. The summed E-state index contributed by atoms with van der Waals surface area (Å²) in [4.78, 5) is 0. The molecule has 0 aromatic rings. The minimum atomic E-state index is 0.771. The fraction of sp³-hybridized carbons (Fsp3) is 1.00. The zero-order valence-corrected chi connectivity index (χ0v) is 10.2. The molecular formula is C11H23NOS. The molecule has 0 radical (unpaired) electrons. The molecule has 0 aromatic carbocycles. The third-order valence-electron chi connectivity index (χ3n) is 2.84. The van der Waals surface area contributed by atoms with E-state index in [9.17, 15) is 0 Å². The van der Waals surface area contributed by atoms with Crippen molar-refractivity contribution in [3.8, 4) is 0 Å². The van der Waals surface area contributed by atoms with E-state index < -0.39 is 0 Å². The van der Waals surface area contributed by atoms with E-state index in [1.807, 2.05) is 0 Å². The van der Waals surface area contributed by atoms with Crippen molar-refractivity contribution < 1.29 is 4.74 Å². The van der Waals surface area contributed by atoms with E-state index in [1.54, 1.807) is 7.11 Å². The fourth-order valence-electron chi connectivity index (χ4n) is 2.02. The molecular weight excluding hydrogens is 194 g/mol. The summed E-state index contributed by atoms with van der Waals surface area (Å²) in [7, 11) is 1.78. The van der Waals surface area contributed by atoms with Gasteiger partial charge in [0.25, 0.3) is 0 Å². The molecule has 14 heavy (non-hydrogen) atoms. The number of ether oxygens (including phenoxy) is 1. The highest BCUT2D eigenvalue weighted by atomic mass is 32.2. The molecule has 2 nitrogen and oxygen atoms in total. The highest BCUT2D eigenvalue weighted by molar-refractivity contribution is 7.99. The standard InChI is InChI=1S/C11H23NOS/c1-3-12-11-9-14-8-10(11)6-4-5-7-13-2/h10-12H,3-9H2,1-2H3. The van der Waals surface area contributed by atoms with Gasteiger partial charge in [0.2, 0.25) is 0 Å². The van der Waals surface area contributed by atoms with Gasteiger partial charge in [-0.05, 0) is 31.1 Å². The van der Waals surface area contributed by atoms with E-state index >= 15 is 0 Å². The first-order valence-corrected chi connectivity index (χ1v) is 6.84. The van der Waals surface area contributed by atoms with Gasteiger partial charge in [-0.25, -0.2) is 0 Å². The number of nitrogens with one attached hydrogen (secondary N) is 1. The first-order valence-electron chi connectivity index (χ1n) is 5.68. The number of hydrogen-bond donors (Lipinski definition) is 1. The van der Waals surface area contributed by atoms with E-state index in [1.165, 1.54) is 30.8 Å². The van der Waals surface area contributed by atoms with Gasteiger partial charge in [-0.3, -0.25) is 0 Å². The largest absolute Gasteiger partial charge is 0.385 e. The average molecular weight is 217 g/mol. The Balaban J connectivity index is 2.09.